The van der Waals surface area contributed by atoms with Crippen LogP contribution in [0.1, 0.15) is 18.9 Å². The SMILES string of the molecule is CCOC(=O)NC1CC(Cc2ccccc2)CN(C)C1. The van der Waals surface area contributed by atoms with Gasteiger partial charge in [-0.3, -0.25) is 0 Å². The molecule has 2 atom stereocenters. The van der Waals surface area contributed by atoms with Crippen molar-refractivity contribution in [2.24, 2.45) is 5.92 Å². The summed E-state index contributed by atoms with van der Waals surface area (Å²) in [7, 11) is 2.11. The maximum Gasteiger partial charge on any atom is 0.407 e. The van der Waals surface area contributed by atoms with Crippen molar-refractivity contribution in [3.05, 3.63) is 35.9 Å². The Hall–Kier alpha value is -1.55. The van der Waals surface area contributed by atoms with E-state index >= 15 is 0 Å². The average molecular weight is 276 g/mol. The van der Waals surface area contributed by atoms with Gasteiger partial charge < -0.3 is 15.0 Å². The van der Waals surface area contributed by atoms with Gasteiger partial charge in [0.15, 0.2) is 0 Å². The summed E-state index contributed by atoms with van der Waals surface area (Å²) >= 11 is 0. The van der Waals surface area contributed by atoms with Gasteiger partial charge in [-0.05, 0) is 38.3 Å². The fourth-order valence-corrected chi connectivity index (χ4v) is 2.98. The van der Waals surface area contributed by atoms with Gasteiger partial charge in [0, 0.05) is 19.1 Å². The lowest BCUT2D eigenvalue weighted by Gasteiger charge is -2.35. The van der Waals surface area contributed by atoms with Gasteiger partial charge in [0.25, 0.3) is 0 Å². The van der Waals surface area contributed by atoms with E-state index in [4.69, 9.17) is 4.74 Å². The summed E-state index contributed by atoms with van der Waals surface area (Å²) in [6.07, 6.45) is 1.77. The zero-order valence-corrected chi connectivity index (χ0v) is 12.3. The Morgan fingerprint density at radius 1 is 1.35 bits per heavy atom. The van der Waals surface area contributed by atoms with Crippen molar-refractivity contribution in [1.29, 1.82) is 0 Å². The van der Waals surface area contributed by atoms with E-state index in [1.165, 1.54) is 5.56 Å². The number of nitrogens with zero attached hydrogens (tertiary/aromatic N) is 1. The van der Waals surface area contributed by atoms with Crippen LogP contribution in [0.25, 0.3) is 0 Å². The predicted octanol–water partition coefficient (Wildman–Crippen LogP) is 2.30. The maximum absolute atomic E-state index is 11.5. The van der Waals surface area contributed by atoms with Gasteiger partial charge in [0.2, 0.25) is 0 Å². The number of nitrogens with one attached hydrogen (secondary N) is 1. The molecule has 1 saturated heterocycles. The normalized spacial score (nSPS) is 23.3. The number of benzene rings is 1. The number of rotatable bonds is 4. The molecule has 0 saturated carbocycles. The Morgan fingerprint density at radius 2 is 2.10 bits per heavy atom. The van der Waals surface area contributed by atoms with Gasteiger partial charge in [-0.25, -0.2) is 4.79 Å². The van der Waals surface area contributed by atoms with Crippen LogP contribution in [0, 0.1) is 5.92 Å². The third-order valence-corrected chi connectivity index (χ3v) is 3.68. The quantitative estimate of drug-likeness (QED) is 0.917. The molecule has 0 aromatic heterocycles. The largest absolute Gasteiger partial charge is 0.450 e. The molecule has 1 aliphatic rings. The maximum atomic E-state index is 11.5. The standard InChI is InChI=1S/C16H24N2O2/c1-3-20-16(19)17-15-10-14(11-18(2)12-15)9-13-7-5-4-6-8-13/h4-8,14-15H,3,9-12H2,1-2H3,(H,17,19). The Balaban J connectivity index is 1.89. The summed E-state index contributed by atoms with van der Waals surface area (Å²) in [5.41, 5.74) is 1.36. The molecule has 1 N–H and O–H groups in total. The third-order valence-electron chi connectivity index (χ3n) is 3.68. The van der Waals surface area contributed by atoms with Gasteiger partial charge in [-0.15, -0.1) is 0 Å². The van der Waals surface area contributed by atoms with E-state index in [0.717, 1.165) is 25.9 Å². The fourth-order valence-electron chi connectivity index (χ4n) is 2.98. The summed E-state index contributed by atoms with van der Waals surface area (Å²) in [5.74, 6) is 0.572. The molecular weight excluding hydrogens is 252 g/mol. The van der Waals surface area contributed by atoms with E-state index in [0.29, 0.717) is 12.5 Å². The number of likely N-dealkylation sites (N-methyl/N-ethyl adjacent to an activating group) is 1. The molecule has 1 aromatic carbocycles. The molecule has 2 unspecified atom stereocenters. The minimum atomic E-state index is -0.300. The highest BCUT2D eigenvalue weighted by molar-refractivity contribution is 5.67. The van der Waals surface area contributed by atoms with Crippen LogP contribution < -0.4 is 5.32 Å². The van der Waals surface area contributed by atoms with E-state index in [1.807, 2.05) is 13.0 Å². The molecule has 1 aliphatic heterocycles. The van der Waals surface area contributed by atoms with Gasteiger partial charge in [-0.2, -0.15) is 0 Å². The monoisotopic (exact) mass is 276 g/mol. The van der Waals surface area contributed by atoms with Gasteiger partial charge >= 0.3 is 6.09 Å². The zero-order chi connectivity index (χ0) is 14.4. The molecule has 0 radical (unpaired) electrons. The lowest BCUT2D eigenvalue weighted by molar-refractivity contribution is 0.127. The van der Waals surface area contributed by atoms with Crippen molar-refractivity contribution in [1.82, 2.24) is 10.2 Å². The number of likely N-dealkylation sites (tertiary alicyclic amines) is 1. The van der Waals surface area contributed by atoms with E-state index < -0.39 is 0 Å². The van der Waals surface area contributed by atoms with E-state index in [9.17, 15) is 4.79 Å². The number of carbonyl (C=O) groups excluding carboxylic acids is 1. The molecule has 1 amide bonds. The van der Waals surface area contributed by atoms with Crippen LogP contribution in [-0.4, -0.2) is 43.8 Å². The molecule has 0 aliphatic carbocycles. The minimum Gasteiger partial charge on any atom is -0.450 e. The summed E-state index contributed by atoms with van der Waals surface area (Å²) in [6, 6.07) is 10.7. The molecule has 110 valence electrons. The van der Waals surface area contributed by atoms with Crippen LogP contribution in [0.15, 0.2) is 30.3 Å². The second-order valence-electron chi connectivity index (χ2n) is 5.57. The van der Waals surface area contributed by atoms with Crippen molar-refractivity contribution in [3.63, 3.8) is 0 Å². The first-order valence-electron chi connectivity index (χ1n) is 7.33. The molecular formula is C16H24N2O2. The highest BCUT2D eigenvalue weighted by Crippen LogP contribution is 2.20. The smallest absolute Gasteiger partial charge is 0.407 e. The number of hydrogen-bond acceptors (Lipinski definition) is 3. The summed E-state index contributed by atoms with van der Waals surface area (Å²) in [6.45, 7) is 4.21. The number of carbonyl (C=O) groups is 1. The number of alkyl carbamates (subject to hydrolysis) is 1. The lowest BCUT2D eigenvalue weighted by Crippen LogP contribution is -2.50. The van der Waals surface area contributed by atoms with Crippen molar-refractivity contribution >= 4 is 6.09 Å². The lowest BCUT2D eigenvalue weighted by atomic mass is 9.89. The summed E-state index contributed by atoms with van der Waals surface area (Å²) < 4.78 is 4.96. The second-order valence-corrected chi connectivity index (χ2v) is 5.57. The van der Waals surface area contributed by atoms with Crippen LogP contribution in [-0.2, 0) is 11.2 Å². The second kappa shape index (κ2) is 7.29. The molecule has 4 nitrogen and oxygen atoms in total. The topological polar surface area (TPSA) is 41.6 Å². The fraction of sp³-hybridized carbons (Fsp3) is 0.562. The van der Waals surface area contributed by atoms with Crippen molar-refractivity contribution in [2.75, 3.05) is 26.7 Å². The number of piperidine rings is 1. The Labute approximate surface area is 121 Å². The Kier molecular flexibility index (Phi) is 5.41. The molecule has 2 rings (SSSR count). The molecule has 1 heterocycles. The minimum absolute atomic E-state index is 0.182. The highest BCUT2D eigenvalue weighted by atomic mass is 16.5. The third kappa shape index (κ3) is 4.53. The van der Waals surface area contributed by atoms with Gasteiger partial charge in [-0.1, -0.05) is 30.3 Å². The van der Waals surface area contributed by atoms with Crippen LogP contribution in [0.5, 0.6) is 0 Å². The van der Waals surface area contributed by atoms with Crippen molar-refractivity contribution in [2.45, 2.75) is 25.8 Å². The van der Waals surface area contributed by atoms with Crippen molar-refractivity contribution in [3.8, 4) is 0 Å². The Morgan fingerprint density at radius 3 is 2.80 bits per heavy atom. The summed E-state index contributed by atoms with van der Waals surface area (Å²) in [4.78, 5) is 13.8. The zero-order valence-electron chi connectivity index (χ0n) is 12.3. The molecule has 20 heavy (non-hydrogen) atoms. The predicted molar refractivity (Wildman–Crippen MR) is 79.7 cm³/mol. The molecule has 1 aromatic rings. The number of hydrogen-bond donors (Lipinski definition) is 1. The molecule has 1 fully saturated rings. The highest BCUT2D eigenvalue weighted by Gasteiger charge is 2.26. The Bertz CT molecular complexity index is 422. The first-order valence-corrected chi connectivity index (χ1v) is 7.33. The van der Waals surface area contributed by atoms with Crippen LogP contribution in [0.3, 0.4) is 0 Å². The number of amides is 1. The summed E-state index contributed by atoms with van der Waals surface area (Å²) in [5, 5.41) is 2.96. The van der Waals surface area contributed by atoms with Gasteiger partial charge in [0.05, 0.1) is 6.61 Å². The van der Waals surface area contributed by atoms with E-state index in [1.54, 1.807) is 0 Å². The van der Waals surface area contributed by atoms with E-state index in [2.05, 4.69) is 41.5 Å². The molecule has 0 bridgehead atoms. The molecule has 4 heteroatoms. The van der Waals surface area contributed by atoms with Crippen LogP contribution >= 0.6 is 0 Å². The van der Waals surface area contributed by atoms with Crippen LogP contribution in [0.4, 0.5) is 4.79 Å². The first-order chi connectivity index (χ1) is 9.67. The average Bonchev–Trinajstić information content (AvgIpc) is 2.39. The first kappa shape index (κ1) is 14.9. The van der Waals surface area contributed by atoms with Crippen LogP contribution in [0.2, 0.25) is 0 Å². The molecule has 0 spiro atoms. The number of ether oxygens (including phenoxy) is 1. The van der Waals surface area contributed by atoms with Crippen molar-refractivity contribution < 1.29 is 9.53 Å². The van der Waals surface area contributed by atoms with E-state index in [-0.39, 0.29) is 12.1 Å². The van der Waals surface area contributed by atoms with Gasteiger partial charge in [0.1, 0.15) is 0 Å².